The monoisotopic (exact) mass is 346 g/mol. The van der Waals surface area contributed by atoms with Crippen molar-refractivity contribution >= 4 is 22.9 Å². The van der Waals surface area contributed by atoms with Crippen LogP contribution in [0.2, 0.25) is 0 Å². The largest absolute Gasteiger partial charge is 0.350 e. The van der Waals surface area contributed by atoms with Crippen LogP contribution in [0.15, 0.2) is 82.0 Å². The maximum atomic E-state index is 12.3. The lowest BCUT2D eigenvalue weighted by molar-refractivity contribution is 0.0988. The highest BCUT2D eigenvalue weighted by atomic mass is 32.1. The first-order valence-electron chi connectivity index (χ1n) is 7.76. The van der Waals surface area contributed by atoms with Crippen molar-refractivity contribution in [1.29, 1.82) is 0 Å². The van der Waals surface area contributed by atoms with Crippen LogP contribution in [0.3, 0.4) is 0 Å². The summed E-state index contributed by atoms with van der Waals surface area (Å²) in [6.45, 7) is 0. The lowest BCUT2D eigenvalue weighted by atomic mass is 10.0. The number of hydrogen-bond donors (Lipinski definition) is 1. The van der Waals surface area contributed by atoms with Crippen molar-refractivity contribution in [2.75, 3.05) is 5.32 Å². The summed E-state index contributed by atoms with van der Waals surface area (Å²) in [6.07, 6.45) is 0. The molecule has 2 aromatic heterocycles. The molecule has 0 aliphatic carbocycles. The van der Waals surface area contributed by atoms with E-state index in [9.17, 15) is 4.79 Å². The fraction of sp³-hybridized carbons (Fsp3) is 0. The molecule has 1 amide bonds. The van der Waals surface area contributed by atoms with E-state index in [0.717, 1.165) is 16.7 Å². The minimum atomic E-state index is -0.320. The fourth-order valence-corrected chi connectivity index (χ4v) is 3.18. The summed E-state index contributed by atoms with van der Waals surface area (Å²) in [4.78, 5) is 12.3. The van der Waals surface area contributed by atoms with Gasteiger partial charge in [0.1, 0.15) is 5.69 Å². The van der Waals surface area contributed by atoms with Gasteiger partial charge in [-0.2, -0.15) is 11.3 Å². The predicted molar refractivity (Wildman–Crippen MR) is 99.6 cm³/mol. The van der Waals surface area contributed by atoms with Gasteiger partial charge in [0, 0.05) is 17.3 Å². The van der Waals surface area contributed by atoms with E-state index in [1.165, 1.54) is 0 Å². The minimum absolute atomic E-state index is 0.180. The zero-order chi connectivity index (χ0) is 17.1. The molecule has 0 spiro atoms. The molecule has 2 heterocycles. The van der Waals surface area contributed by atoms with Gasteiger partial charge in [-0.15, -0.1) is 0 Å². The number of nitrogens with zero attached hydrogens (tertiary/aromatic N) is 1. The third-order valence-electron chi connectivity index (χ3n) is 3.78. The van der Waals surface area contributed by atoms with Crippen molar-refractivity contribution in [3.05, 3.63) is 83.3 Å². The second kappa shape index (κ2) is 6.75. The molecule has 0 atom stereocenters. The number of rotatable bonds is 4. The molecule has 1 N–H and O–H groups in total. The van der Waals surface area contributed by atoms with E-state index in [1.807, 2.05) is 53.9 Å². The maximum absolute atomic E-state index is 12.3. The van der Waals surface area contributed by atoms with Gasteiger partial charge in [0.15, 0.2) is 0 Å². The molecule has 0 radical (unpaired) electrons. The normalized spacial score (nSPS) is 10.6. The van der Waals surface area contributed by atoms with E-state index in [1.54, 1.807) is 17.4 Å². The zero-order valence-electron chi connectivity index (χ0n) is 13.2. The average molecular weight is 346 g/mol. The van der Waals surface area contributed by atoms with Gasteiger partial charge in [0.2, 0.25) is 5.76 Å². The Kier molecular flexibility index (Phi) is 4.14. The van der Waals surface area contributed by atoms with Crippen LogP contribution in [0.4, 0.5) is 5.69 Å². The van der Waals surface area contributed by atoms with Crippen molar-refractivity contribution in [2.45, 2.75) is 0 Å². The van der Waals surface area contributed by atoms with Gasteiger partial charge >= 0.3 is 0 Å². The number of amides is 1. The van der Waals surface area contributed by atoms with Gasteiger partial charge in [-0.25, -0.2) is 0 Å². The summed E-state index contributed by atoms with van der Waals surface area (Å²) in [6, 6.07) is 21.0. The molecule has 5 heteroatoms. The molecular formula is C20H14N2O2S. The third kappa shape index (κ3) is 3.36. The minimum Gasteiger partial charge on any atom is -0.350 e. The lowest BCUT2D eigenvalue weighted by Crippen LogP contribution is -2.10. The Morgan fingerprint density at radius 1 is 0.920 bits per heavy atom. The lowest BCUT2D eigenvalue weighted by Gasteiger charge is -2.01. The van der Waals surface area contributed by atoms with Gasteiger partial charge in [0.05, 0.1) is 0 Å². The van der Waals surface area contributed by atoms with Gasteiger partial charge in [-0.1, -0.05) is 41.6 Å². The molecule has 0 aliphatic rings. The number of carbonyl (C=O) groups is 1. The highest BCUT2D eigenvalue weighted by molar-refractivity contribution is 7.08. The fourth-order valence-electron chi connectivity index (χ4n) is 2.52. The standard InChI is InChI=1S/C20H14N2O2S/c23-20(21-17-7-2-1-3-8-17)19-12-18(22-24-19)15-6-4-5-14(11-15)16-9-10-25-13-16/h1-13H,(H,21,23). The van der Waals surface area contributed by atoms with E-state index >= 15 is 0 Å². The predicted octanol–water partition coefficient (Wildman–Crippen LogP) is 5.32. The Morgan fingerprint density at radius 2 is 1.76 bits per heavy atom. The maximum Gasteiger partial charge on any atom is 0.294 e. The highest BCUT2D eigenvalue weighted by Crippen LogP contribution is 2.27. The summed E-state index contributed by atoms with van der Waals surface area (Å²) in [5, 5.41) is 11.0. The number of thiophene rings is 1. The van der Waals surface area contributed by atoms with Crippen molar-refractivity contribution in [3.8, 4) is 22.4 Å². The van der Waals surface area contributed by atoms with Gasteiger partial charge < -0.3 is 9.84 Å². The molecule has 4 rings (SSSR count). The first-order valence-corrected chi connectivity index (χ1v) is 8.70. The smallest absolute Gasteiger partial charge is 0.294 e. The Balaban J connectivity index is 1.57. The van der Waals surface area contributed by atoms with Crippen LogP contribution in [0.25, 0.3) is 22.4 Å². The topological polar surface area (TPSA) is 55.1 Å². The van der Waals surface area contributed by atoms with E-state index in [-0.39, 0.29) is 11.7 Å². The summed E-state index contributed by atoms with van der Waals surface area (Å²) in [5.41, 5.74) is 4.53. The molecule has 4 nitrogen and oxygen atoms in total. The third-order valence-corrected chi connectivity index (χ3v) is 4.46. The first kappa shape index (κ1) is 15.4. The molecule has 0 bridgehead atoms. The molecule has 0 fully saturated rings. The Morgan fingerprint density at radius 3 is 2.56 bits per heavy atom. The van der Waals surface area contributed by atoms with Crippen LogP contribution in [0.1, 0.15) is 10.6 Å². The summed E-state index contributed by atoms with van der Waals surface area (Å²) >= 11 is 1.66. The first-order chi connectivity index (χ1) is 12.3. The number of hydrogen-bond acceptors (Lipinski definition) is 4. The summed E-state index contributed by atoms with van der Waals surface area (Å²) in [7, 11) is 0. The zero-order valence-corrected chi connectivity index (χ0v) is 14.0. The summed E-state index contributed by atoms with van der Waals surface area (Å²) < 4.78 is 5.22. The molecule has 122 valence electrons. The Bertz CT molecular complexity index is 991. The van der Waals surface area contributed by atoms with Crippen LogP contribution >= 0.6 is 11.3 Å². The Labute approximate surface area is 148 Å². The number of benzene rings is 2. The Hall–Kier alpha value is -3.18. The molecule has 4 aromatic rings. The number of para-hydroxylation sites is 1. The summed E-state index contributed by atoms with van der Waals surface area (Å²) in [5.74, 6) is -0.140. The van der Waals surface area contributed by atoms with Gasteiger partial charge in [-0.3, -0.25) is 4.79 Å². The number of anilines is 1. The number of carbonyl (C=O) groups excluding carboxylic acids is 1. The highest BCUT2D eigenvalue weighted by Gasteiger charge is 2.14. The number of aromatic nitrogens is 1. The van der Waals surface area contributed by atoms with Crippen molar-refractivity contribution in [1.82, 2.24) is 5.16 Å². The quantitative estimate of drug-likeness (QED) is 0.544. The van der Waals surface area contributed by atoms with Crippen molar-refractivity contribution in [3.63, 3.8) is 0 Å². The average Bonchev–Trinajstić information content (AvgIpc) is 3.35. The van der Waals surface area contributed by atoms with E-state index in [0.29, 0.717) is 11.4 Å². The van der Waals surface area contributed by atoms with Crippen molar-refractivity contribution < 1.29 is 9.32 Å². The molecular weight excluding hydrogens is 332 g/mol. The molecule has 0 aliphatic heterocycles. The molecule has 0 unspecified atom stereocenters. The van der Waals surface area contributed by atoms with E-state index < -0.39 is 0 Å². The van der Waals surface area contributed by atoms with Gasteiger partial charge in [-0.05, 0) is 46.2 Å². The van der Waals surface area contributed by atoms with Crippen LogP contribution in [0, 0.1) is 0 Å². The SMILES string of the molecule is O=C(Nc1ccccc1)c1cc(-c2cccc(-c3ccsc3)c2)no1. The van der Waals surface area contributed by atoms with Crippen LogP contribution in [-0.4, -0.2) is 11.1 Å². The van der Waals surface area contributed by atoms with Crippen LogP contribution in [0.5, 0.6) is 0 Å². The molecule has 2 aromatic carbocycles. The molecule has 0 saturated carbocycles. The second-order valence-electron chi connectivity index (χ2n) is 5.49. The van der Waals surface area contributed by atoms with Crippen LogP contribution in [-0.2, 0) is 0 Å². The van der Waals surface area contributed by atoms with Gasteiger partial charge in [0.25, 0.3) is 5.91 Å². The van der Waals surface area contributed by atoms with E-state index in [4.69, 9.17) is 4.52 Å². The number of nitrogens with one attached hydrogen (secondary N) is 1. The molecule has 25 heavy (non-hydrogen) atoms. The second-order valence-corrected chi connectivity index (χ2v) is 6.27. The van der Waals surface area contributed by atoms with Crippen LogP contribution < -0.4 is 5.32 Å². The van der Waals surface area contributed by atoms with E-state index in [2.05, 4.69) is 28.0 Å². The van der Waals surface area contributed by atoms with Crippen molar-refractivity contribution in [2.24, 2.45) is 0 Å². The molecule has 0 saturated heterocycles.